The summed E-state index contributed by atoms with van der Waals surface area (Å²) in [4.78, 5) is 35.7. The van der Waals surface area contributed by atoms with Crippen molar-refractivity contribution >= 4 is 17.4 Å². The zero-order chi connectivity index (χ0) is 15.6. The number of hydrogen-bond donors (Lipinski definition) is 0. The van der Waals surface area contributed by atoms with Crippen LogP contribution in [-0.4, -0.2) is 34.6 Å². The van der Waals surface area contributed by atoms with Crippen molar-refractivity contribution in [1.82, 2.24) is 4.90 Å². The molecule has 0 radical (unpaired) electrons. The van der Waals surface area contributed by atoms with Gasteiger partial charge in [0.1, 0.15) is 0 Å². The molecule has 1 aromatic carbocycles. The molecular weight excluding hydrogens is 272 g/mol. The molecule has 2 rings (SSSR count). The summed E-state index contributed by atoms with van der Waals surface area (Å²) in [5, 5.41) is 10.6. The van der Waals surface area contributed by atoms with E-state index < -0.39 is 4.92 Å². The SMILES string of the molecule is CC(C)C1CC(=O)N(CC(=O)c2ccc([N+](=O)[O-])cc2)C1. The van der Waals surface area contributed by atoms with Crippen LogP contribution < -0.4 is 0 Å². The van der Waals surface area contributed by atoms with E-state index in [0.717, 1.165) is 0 Å². The number of non-ortho nitro benzene ring substituents is 1. The van der Waals surface area contributed by atoms with Crippen molar-refractivity contribution in [2.75, 3.05) is 13.1 Å². The third-order valence-electron chi connectivity index (χ3n) is 3.92. The lowest BCUT2D eigenvalue weighted by molar-refractivity contribution is -0.384. The molecule has 1 atom stereocenters. The van der Waals surface area contributed by atoms with Crippen LogP contribution in [0.25, 0.3) is 0 Å². The lowest BCUT2D eigenvalue weighted by Crippen LogP contribution is -2.31. The molecule has 1 aromatic rings. The minimum absolute atomic E-state index is 0.00367. The molecule has 0 N–H and O–H groups in total. The number of carbonyl (C=O) groups excluding carboxylic acids is 2. The number of ketones is 1. The molecule has 0 aromatic heterocycles. The first kappa shape index (κ1) is 15.2. The fraction of sp³-hybridized carbons (Fsp3) is 0.467. The maximum absolute atomic E-state index is 12.1. The quantitative estimate of drug-likeness (QED) is 0.473. The van der Waals surface area contributed by atoms with E-state index >= 15 is 0 Å². The zero-order valence-corrected chi connectivity index (χ0v) is 12.1. The molecular formula is C15H18N2O4. The van der Waals surface area contributed by atoms with Gasteiger partial charge in [0, 0.05) is 30.7 Å². The molecule has 0 saturated carbocycles. The Balaban J connectivity index is 2.01. The first-order valence-corrected chi connectivity index (χ1v) is 6.94. The van der Waals surface area contributed by atoms with Gasteiger partial charge in [-0.15, -0.1) is 0 Å². The summed E-state index contributed by atoms with van der Waals surface area (Å²) < 4.78 is 0. The number of nitrogens with zero attached hydrogens (tertiary/aromatic N) is 2. The number of nitro groups is 1. The van der Waals surface area contributed by atoms with Crippen molar-refractivity contribution in [2.24, 2.45) is 11.8 Å². The van der Waals surface area contributed by atoms with Crippen LogP contribution in [0, 0.1) is 22.0 Å². The number of rotatable bonds is 5. The van der Waals surface area contributed by atoms with Crippen molar-refractivity contribution in [2.45, 2.75) is 20.3 Å². The molecule has 1 unspecified atom stereocenters. The van der Waals surface area contributed by atoms with Gasteiger partial charge in [0.15, 0.2) is 5.78 Å². The van der Waals surface area contributed by atoms with Crippen molar-refractivity contribution < 1.29 is 14.5 Å². The smallest absolute Gasteiger partial charge is 0.269 e. The van der Waals surface area contributed by atoms with Crippen LogP contribution in [0.1, 0.15) is 30.6 Å². The summed E-state index contributed by atoms with van der Waals surface area (Å²) in [7, 11) is 0. The summed E-state index contributed by atoms with van der Waals surface area (Å²) in [6.07, 6.45) is 0.491. The molecule has 112 valence electrons. The monoisotopic (exact) mass is 290 g/mol. The highest BCUT2D eigenvalue weighted by atomic mass is 16.6. The number of amides is 1. The van der Waals surface area contributed by atoms with Gasteiger partial charge in [0.05, 0.1) is 11.5 Å². The second-order valence-corrected chi connectivity index (χ2v) is 5.71. The van der Waals surface area contributed by atoms with Crippen molar-refractivity contribution in [3.05, 3.63) is 39.9 Å². The zero-order valence-electron chi connectivity index (χ0n) is 12.1. The molecule has 1 amide bonds. The Bertz CT molecular complexity index is 566. The molecule has 0 bridgehead atoms. The highest BCUT2D eigenvalue weighted by Crippen LogP contribution is 2.25. The van der Waals surface area contributed by atoms with Gasteiger partial charge in [-0.25, -0.2) is 0 Å². The van der Waals surface area contributed by atoms with Gasteiger partial charge < -0.3 is 4.90 Å². The average molecular weight is 290 g/mol. The maximum Gasteiger partial charge on any atom is 0.269 e. The number of nitro benzene ring substituents is 1. The molecule has 21 heavy (non-hydrogen) atoms. The molecule has 6 nitrogen and oxygen atoms in total. The highest BCUT2D eigenvalue weighted by molar-refractivity contribution is 5.99. The van der Waals surface area contributed by atoms with Crippen LogP contribution in [0.5, 0.6) is 0 Å². The van der Waals surface area contributed by atoms with Crippen LogP contribution in [-0.2, 0) is 4.79 Å². The molecule has 6 heteroatoms. The minimum Gasteiger partial charge on any atom is -0.335 e. The fourth-order valence-electron chi connectivity index (χ4n) is 2.44. The Hall–Kier alpha value is -2.24. The first-order chi connectivity index (χ1) is 9.88. The van der Waals surface area contributed by atoms with Crippen LogP contribution >= 0.6 is 0 Å². The molecule has 1 heterocycles. The lowest BCUT2D eigenvalue weighted by atomic mass is 9.95. The average Bonchev–Trinajstić information content (AvgIpc) is 2.80. The van der Waals surface area contributed by atoms with Crippen LogP contribution in [0.2, 0.25) is 0 Å². The number of likely N-dealkylation sites (tertiary alicyclic amines) is 1. The molecule has 1 aliphatic heterocycles. The van der Waals surface area contributed by atoms with Crippen molar-refractivity contribution in [1.29, 1.82) is 0 Å². The summed E-state index contributed by atoms with van der Waals surface area (Å²) >= 11 is 0. The van der Waals surface area contributed by atoms with Gasteiger partial charge in [-0.3, -0.25) is 19.7 Å². The van der Waals surface area contributed by atoms with Crippen molar-refractivity contribution in [3.8, 4) is 0 Å². The number of hydrogen-bond acceptors (Lipinski definition) is 4. The van der Waals surface area contributed by atoms with E-state index in [1.54, 1.807) is 4.90 Å². The minimum atomic E-state index is -0.508. The fourth-order valence-corrected chi connectivity index (χ4v) is 2.44. The summed E-state index contributed by atoms with van der Waals surface area (Å²) in [5.41, 5.74) is 0.338. The molecule has 0 aliphatic carbocycles. The number of carbonyl (C=O) groups is 2. The first-order valence-electron chi connectivity index (χ1n) is 6.94. The van der Waals surface area contributed by atoms with E-state index in [4.69, 9.17) is 0 Å². The third kappa shape index (κ3) is 3.45. The third-order valence-corrected chi connectivity index (χ3v) is 3.92. The van der Waals surface area contributed by atoms with Gasteiger partial charge in [-0.1, -0.05) is 13.8 Å². The van der Waals surface area contributed by atoms with E-state index in [1.807, 2.05) is 0 Å². The Kier molecular flexibility index (Phi) is 4.35. The topological polar surface area (TPSA) is 80.5 Å². The normalized spacial score (nSPS) is 18.3. The molecule has 1 saturated heterocycles. The van der Waals surface area contributed by atoms with Crippen LogP contribution in [0.15, 0.2) is 24.3 Å². The predicted octanol–water partition coefficient (Wildman–Crippen LogP) is 2.28. The van der Waals surface area contributed by atoms with E-state index in [0.29, 0.717) is 30.4 Å². The molecule has 1 fully saturated rings. The Morgan fingerprint density at radius 3 is 2.48 bits per heavy atom. The highest BCUT2D eigenvalue weighted by Gasteiger charge is 2.32. The van der Waals surface area contributed by atoms with Gasteiger partial charge in [0.25, 0.3) is 5.69 Å². The predicted molar refractivity (Wildman–Crippen MR) is 77.0 cm³/mol. The Labute approximate surface area is 122 Å². The van der Waals surface area contributed by atoms with Gasteiger partial charge >= 0.3 is 0 Å². The van der Waals surface area contributed by atoms with Gasteiger partial charge in [0.2, 0.25) is 5.91 Å². The Morgan fingerprint density at radius 2 is 2.00 bits per heavy atom. The maximum atomic E-state index is 12.1. The second kappa shape index (κ2) is 6.03. The van der Waals surface area contributed by atoms with E-state index in [-0.39, 0.29) is 23.9 Å². The Morgan fingerprint density at radius 1 is 1.38 bits per heavy atom. The van der Waals surface area contributed by atoms with Gasteiger partial charge in [-0.05, 0) is 24.0 Å². The molecule has 1 aliphatic rings. The lowest BCUT2D eigenvalue weighted by Gasteiger charge is -2.17. The van der Waals surface area contributed by atoms with Crippen LogP contribution in [0.3, 0.4) is 0 Å². The van der Waals surface area contributed by atoms with E-state index in [9.17, 15) is 19.7 Å². The number of Topliss-reactive ketones (excluding diaryl/α,β-unsaturated/α-hetero) is 1. The largest absolute Gasteiger partial charge is 0.335 e. The number of benzene rings is 1. The van der Waals surface area contributed by atoms with Crippen molar-refractivity contribution in [3.63, 3.8) is 0 Å². The van der Waals surface area contributed by atoms with E-state index in [1.165, 1.54) is 24.3 Å². The second-order valence-electron chi connectivity index (χ2n) is 5.71. The van der Waals surface area contributed by atoms with Crippen LogP contribution in [0.4, 0.5) is 5.69 Å². The molecule has 0 spiro atoms. The standard InChI is InChI=1S/C15H18N2O4/c1-10(2)12-7-15(19)16(8-12)9-14(18)11-3-5-13(6-4-11)17(20)21/h3-6,10,12H,7-9H2,1-2H3. The van der Waals surface area contributed by atoms with E-state index in [2.05, 4.69) is 13.8 Å². The summed E-state index contributed by atoms with van der Waals surface area (Å²) in [5.74, 6) is 0.516. The van der Waals surface area contributed by atoms with Gasteiger partial charge in [-0.2, -0.15) is 0 Å². The summed E-state index contributed by atoms with van der Waals surface area (Å²) in [6, 6.07) is 5.47. The summed E-state index contributed by atoms with van der Waals surface area (Å²) in [6.45, 7) is 4.79.